The first kappa shape index (κ1) is 21.4. The molecule has 10 heteroatoms. The van der Waals surface area contributed by atoms with Gasteiger partial charge in [-0.2, -0.15) is 8.78 Å². The van der Waals surface area contributed by atoms with Gasteiger partial charge in [-0.15, -0.1) is 0 Å². The second-order valence-corrected chi connectivity index (χ2v) is 8.35. The number of halogens is 2. The molecule has 1 saturated heterocycles. The van der Waals surface area contributed by atoms with Gasteiger partial charge < -0.3 is 14.4 Å². The highest BCUT2D eigenvalue weighted by Crippen LogP contribution is 2.23. The Morgan fingerprint density at radius 3 is 2.48 bits per heavy atom. The third kappa shape index (κ3) is 6.62. The van der Waals surface area contributed by atoms with E-state index in [4.69, 9.17) is 4.74 Å². The molecule has 1 aliphatic rings. The average molecular weight is 406 g/mol. The monoisotopic (exact) mass is 406 g/mol. The molecule has 2 atom stereocenters. The van der Waals surface area contributed by atoms with Crippen LogP contribution >= 0.6 is 0 Å². The highest BCUT2D eigenvalue weighted by Gasteiger charge is 2.33. The Hall–Kier alpha value is -1.94. The van der Waals surface area contributed by atoms with E-state index in [1.165, 1.54) is 31.2 Å². The van der Waals surface area contributed by atoms with E-state index in [1.807, 2.05) is 0 Å². The number of sulfonamides is 1. The largest absolute Gasteiger partial charge is 0.493 e. The molecule has 0 bridgehead atoms. The maximum Gasteiger partial charge on any atom is 0.387 e. The molecule has 152 valence electrons. The summed E-state index contributed by atoms with van der Waals surface area (Å²) < 4.78 is 60.8. The Kier molecular flexibility index (Phi) is 7.37. The minimum absolute atomic E-state index is 0.0198. The molecule has 0 spiro atoms. The zero-order valence-electron chi connectivity index (χ0n) is 15.2. The minimum atomic E-state index is -3.39. The van der Waals surface area contributed by atoms with E-state index in [0.29, 0.717) is 25.3 Å². The molecule has 27 heavy (non-hydrogen) atoms. The van der Waals surface area contributed by atoms with E-state index < -0.39 is 16.6 Å². The molecule has 1 aromatic rings. The summed E-state index contributed by atoms with van der Waals surface area (Å²) in [7, 11) is -3.39. The van der Waals surface area contributed by atoms with Crippen molar-refractivity contribution in [2.75, 3.05) is 25.4 Å². The molecular weight excluding hydrogens is 382 g/mol. The van der Waals surface area contributed by atoms with Gasteiger partial charge >= 0.3 is 6.61 Å². The number of benzene rings is 1. The zero-order valence-corrected chi connectivity index (χ0v) is 16.0. The Bertz CT molecular complexity index is 727. The first-order valence-corrected chi connectivity index (χ1v) is 10.3. The van der Waals surface area contributed by atoms with Crippen LogP contribution in [-0.4, -0.2) is 57.3 Å². The quantitative estimate of drug-likeness (QED) is 0.712. The van der Waals surface area contributed by atoms with Crippen molar-refractivity contribution in [3.8, 4) is 11.5 Å². The lowest BCUT2D eigenvalue weighted by atomic mass is 9.93. The normalized spacial score (nSPS) is 20.6. The first-order chi connectivity index (χ1) is 12.7. The van der Waals surface area contributed by atoms with Crippen molar-refractivity contribution in [2.45, 2.75) is 32.9 Å². The standard InChI is InChI=1S/C17H24F2N2O5S/c1-3-27(23,24)20-16-8-9-21(12(2)22)10-13(16)11-25-14-4-6-15(7-5-14)26-17(18)19/h4-7,13,16-17,20H,3,8-11H2,1-2H3/t13-,16+/m0/s1. The van der Waals surface area contributed by atoms with Crippen LogP contribution in [0.2, 0.25) is 0 Å². The molecule has 0 aromatic heterocycles. The molecule has 1 fully saturated rings. The van der Waals surface area contributed by atoms with Gasteiger partial charge in [0.25, 0.3) is 0 Å². The number of ether oxygens (including phenoxy) is 2. The summed E-state index contributed by atoms with van der Waals surface area (Å²) >= 11 is 0. The van der Waals surface area contributed by atoms with Crippen molar-refractivity contribution in [3.05, 3.63) is 24.3 Å². The van der Waals surface area contributed by atoms with Gasteiger partial charge in [0.05, 0.1) is 12.4 Å². The molecule has 1 N–H and O–H groups in total. The van der Waals surface area contributed by atoms with Crippen molar-refractivity contribution in [2.24, 2.45) is 5.92 Å². The topological polar surface area (TPSA) is 84.9 Å². The van der Waals surface area contributed by atoms with Crippen molar-refractivity contribution in [1.29, 1.82) is 0 Å². The predicted molar refractivity (Wildman–Crippen MR) is 95.3 cm³/mol. The number of likely N-dealkylation sites (tertiary alicyclic amines) is 1. The summed E-state index contributed by atoms with van der Waals surface area (Å²) in [6.07, 6.45) is 0.494. The number of hydrogen-bond donors (Lipinski definition) is 1. The zero-order chi connectivity index (χ0) is 20.0. The highest BCUT2D eigenvalue weighted by molar-refractivity contribution is 7.89. The van der Waals surface area contributed by atoms with E-state index in [0.717, 1.165) is 0 Å². The number of nitrogens with zero attached hydrogens (tertiary/aromatic N) is 1. The van der Waals surface area contributed by atoms with Crippen molar-refractivity contribution >= 4 is 15.9 Å². The van der Waals surface area contributed by atoms with Gasteiger partial charge in [-0.1, -0.05) is 0 Å². The number of carbonyl (C=O) groups is 1. The Balaban J connectivity index is 2.02. The van der Waals surface area contributed by atoms with E-state index in [9.17, 15) is 22.0 Å². The van der Waals surface area contributed by atoms with Gasteiger partial charge in [0.2, 0.25) is 15.9 Å². The van der Waals surface area contributed by atoms with Crippen LogP contribution < -0.4 is 14.2 Å². The third-order valence-corrected chi connectivity index (χ3v) is 5.83. The van der Waals surface area contributed by atoms with E-state index in [-0.39, 0.29) is 36.0 Å². The SMILES string of the molecule is CCS(=O)(=O)N[C@@H]1CCN(C(C)=O)C[C@H]1COc1ccc(OC(F)F)cc1. The van der Waals surface area contributed by atoms with Crippen molar-refractivity contribution in [1.82, 2.24) is 9.62 Å². The summed E-state index contributed by atoms with van der Waals surface area (Å²) in [5.74, 6) is 0.116. The van der Waals surface area contributed by atoms with Crippen LogP contribution in [0.25, 0.3) is 0 Å². The fourth-order valence-electron chi connectivity index (χ4n) is 2.88. The molecule has 7 nitrogen and oxygen atoms in total. The van der Waals surface area contributed by atoms with Crippen LogP contribution in [0.15, 0.2) is 24.3 Å². The lowest BCUT2D eigenvalue weighted by molar-refractivity contribution is -0.131. The number of hydrogen-bond acceptors (Lipinski definition) is 5. The summed E-state index contributed by atoms with van der Waals surface area (Å²) in [6.45, 7) is 1.15. The van der Waals surface area contributed by atoms with Crippen LogP contribution in [-0.2, 0) is 14.8 Å². The van der Waals surface area contributed by atoms with Crippen LogP contribution in [0.3, 0.4) is 0 Å². The number of rotatable bonds is 8. The van der Waals surface area contributed by atoms with Crippen molar-refractivity contribution in [3.63, 3.8) is 0 Å². The van der Waals surface area contributed by atoms with E-state index in [1.54, 1.807) is 11.8 Å². The third-order valence-electron chi connectivity index (χ3n) is 4.40. The molecule has 0 radical (unpaired) electrons. The molecule has 1 aromatic carbocycles. The second kappa shape index (κ2) is 9.32. The smallest absolute Gasteiger partial charge is 0.387 e. The van der Waals surface area contributed by atoms with Crippen molar-refractivity contribution < 1.29 is 31.5 Å². The number of nitrogens with one attached hydrogen (secondary N) is 1. The summed E-state index contributed by atoms with van der Waals surface area (Å²) in [5, 5.41) is 0. The second-order valence-electron chi connectivity index (χ2n) is 6.30. The van der Waals surface area contributed by atoms with Crippen LogP contribution in [0.5, 0.6) is 11.5 Å². The number of carbonyl (C=O) groups excluding carboxylic acids is 1. The maximum atomic E-state index is 12.2. The van der Waals surface area contributed by atoms with Gasteiger partial charge in [-0.3, -0.25) is 4.79 Å². The fourth-order valence-corrected chi connectivity index (χ4v) is 3.82. The Labute approximate surface area is 157 Å². The van der Waals surface area contributed by atoms with Crippen LogP contribution in [0.4, 0.5) is 8.78 Å². The molecule has 1 aliphatic heterocycles. The summed E-state index contributed by atoms with van der Waals surface area (Å²) in [5.41, 5.74) is 0. The average Bonchev–Trinajstić information content (AvgIpc) is 2.61. The van der Waals surface area contributed by atoms with Crippen LogP contribution in [0, 0.1) is 5.92 Å². The van der Waals surface area contributed by atoms with Crippen LogP contribution in [0.1, 0.15) is 20.3 Å². The predicted octanol–water partition coefficient (Wildman–Crippen LogP) is 1.84. The number of alkyl halides is 2. The molecule has 0 aliphatic carbocycles. The van der Waals surface area contributed by atoms with Gasteiger partial charge in [0, 0.05) is 32.0 Å². The Morgan fingerprint density at radius 1 is 1.30 bits per heavy atom. The molecule has 1 amide bonds. The van der Waals surface area contributed by atoms with E-state index >= 15 is 0 Å². The molecule has 0 saturated carbocycles. The lowest BCUT2D eigenvalue weighted by Gasteiger charge is -2.38. The van der Waals surface area contributed by atoms with Gasteiger partial charge in [0.1, 0.15) is 11.5 Å². The number of amides is 1. The maximum absolute atomic E-state index is 12.2. The van der Waals surface area contributed by atoms with Gasteiger partial charge in [-0.05, 0) is 37.6 Å². The summed E-state index contributed by atoms with van der Waals surface area (Å²) in [4.78, 5) is 13.3. The molecule has 2 rings (SSSR count). The van der Waals surface area contributed by atoms with E-state index in [2.05, 4.69) is 9.46 Å². The van der Waals surface area contributed by atoms with Gasteiger partial charge in [0.15, 0.2) is 0 Å². The number of piperidine rings is 1. The van der Waals surface area contributed by atoms with Gasteiger partial charge in [-0.25, -0.2) is 13.1 Å². The molecule has 0 unspecified atom stereocenters. The summed E-state index contributed by atoms with van der Waals surface area (Å²) in [6, 6.07) is 5.37. The fraction of sp³-hybridized carbons (Fsp3) is 0.588. The minimum Gasteiger partial charge on any atom is -0.493 e. The highest BCUT2D eigenvalue weighted by atomic mass is 32.2. The molecule has 1 heterocycles. The lowest BCUT2D eigenvalue weighted by Crippen LogP contribution is -2.53. The molecular formula is C17H24F2N2O5S. The Morgan fingerprint density at radius 2 is 1.93 bits per heavy atom. The first-order valence-electron chi connectivity index (χ1n) is 8.63.